The van der Waals surface area contributed by atoms with Crippen molar-refractivity contribution in [3.8, 4) is 0 Å². The highest BCUT2D eigenvalue weighted by atomic mass is 127. The molecule has 3 rings (SSSR count). The molecule has 1 unspecified atom stereocenters. The number of aromatic nitrogens is 2. The van der Waals surface area contributed by atoms with E-state index >= 15 is 0 Å². The fraction of sp³-hybridized carbons (Fsp3) is 0.750. The monoisotopic (exact) mass is 417 g/mol. The van der Waals surface area contributed by atoms with Gasteiger partial charge < -0.3 is 10.2 Å². The zero-order valence-electron chi connectivity index (χ0n) is 13.7. The molecule has 1 aliphatic heterocycles. The summed E-state index contributed by atoms with van der Waals surface area (Å²) < 4.78 is 1.89. The van der Waals surface area contributed by atoms with Crippen molar-refractivity contribution in [1.29, 1.82) is 0 Å². The number of nitrogens with one attached hydrogen (secondary N) is 1. The van der Waals surface area contributed by atoms with Crippen molar-refractivity contribution in [2.45, 2.75) is 38.0 Å². The van der Waals surface area contributed by atoms with Gasteiger partial charge >= 0.3 is 0 Å². The average Bonchev–Trinajstić information content (AvgIpc) is 3.19. The number of nitrogens with zero attached hydrogens (tertiary/aromatic N) is 4. The Morgan fingerprint density at radius 3 is 2.77 bits per heavy atom. The van der Waals surface area contributed by atoms with E-state index in [1.807, 2.05) is 25.0 Å². The van der Waals surface area contributed by atoms with Crippen LogP contribution in [-0.4, -0.2) is 47.3 Å². The summed E-state index contributed by atoms with van der Waals surface area (Å²) >= 11 is 0. The van der Waals surface area contributed by atoms with Crippen LogP contribution < -0.4 is 5.32 Å². The maximum atomic E-state index is 4.47. The van der Waals surface area contributed by atoms with Crippen LogP contribution in [0.25, 0.3) is 0 Å². The predicted molar refractivity (Wildman–Crippen MR) is 101 cm³/mol. The Bertz CT molecular complexity index is 492. The summed E-state index contributed by atoms with van der Waals surface area (Å²) in [5.41, 5.74) is 1.35. The Morgan fingerprint density at radius 2 is 2.14 bits per heavy atom. The third-order valence-corrected chi connectivity index (χ3v) is 4.92. The molecule has 0 bridgehead atoms. The molecule has 5 nitrogen and oxygen atoms in total. The van der Waals surface area contributed by atoms with Gasteiger partial charge in [-0.3, -0.25) is 9.67 Å². The topological polar surface area (TPSA) is 45.5 Å². The van der Waals surface area contributed by atoms with Crippen molar-refractivity contribution in [3.05, 3.63) is 18.0 Å². The number of halogens is 1. The van der Waals surface area contributed by atoms with Gasteiger partial charge in [-0.15, -0.1) is 24.0 Å². The number of hydrogen-bond acceptors (Lipinski definition) is 2. The second-order valence-corrected chi connectivity index (χ2v) is 6.46. The Labute approximate surface area is 150 Å². The van der Waals surface area contributed by atoms with Crippen LogP contribution in [0.4, 0.5) is 0 Å². The standard InChI is InChI=1S/C16H27N5.HI/c1-17-16(18-9-13-5-3-4-6-13)21-8-7-14(12-21)15-10-19-20(2)11-15;/h10-11,13-14H,3-9,12H2,1-2H3,(H,17,18);1H. The van der Waals surface area contributed by atoms with E-state index in [1.165, 1.54) is 37.7 Å². The second-order valence-electron chi connectivity index (χ2n) is 6.46. The van der Waals surface area contributed by atoms with Crippen molar-refractivity contribution < 1.29 is 0 Å². The molecule has 0 radical (unpaired) electrons. The van der Waals surface area contributed by atoms with Gasteiger partial charge in [0, 0.05) is 45.8 Å². The van der Waals surface area contributed by atoms with Crippen LogP contribution >= 0.6 is 24.0 Å². The molecular formula is C16H28IN5. The molecule has 1 N–H and O–H groups in total. The molecule has 2 heterocycles. The van der Waals surface area contributed by atoms with Gasteiger partial charge in [0.2, 0.25) is 0 Å². The molecule has 2 fully saturated rings. The minimum Gasteiger partial charge on any atom is -0.356 e. The number of hydrogen-bond donors (Lipinski definition) is 1. The summed E-state index contributed by atoms with van der Waals surface area (Å²) in [6.45, 7) is 3.22. The molecule has 2 aliphatic rings. The molecule has 124 valence electrons. The largest absolute Gasteiger partial charge is 0.356 e. The molecule has 1 saturated heterocycles. The van der Waals surface area contributed by atoms with Crippen molar-refractivity contribution in [1.82, 2.24) is 20.0 Å². The van der Waals surface area contributed by atoms with E-state index < -0.39 is 0 Å². The van der Waals surface area contributed by atoms with E-state index in [4.69, 9.17) is 0 Å². The van der Waals surface area contributed by atoms with E-state index in [9.17, 15) is 0 Å². The van der Waals surface area contributed by atoms with Gasteiger partial charge in [-0.25, -0.2) is 0 Å². The molecule has 1 saturated carbocycles. The normalized spacial score (nSPS) is 22.9. The summed E-state index contributed by atoms with van der Waals surface area (Å²) in [7, 11) is 3.88. The number of guanidine groups is 1. The van der Waals surface area contributed by atoms with Gasteiger partial charge in [0.05, 0.1) is 6.20 Å². The summed E-state index contributed by atoms with van der Waals surface area (Å²) in [6.07, 6.45) is 10.9. The van der Waals surface area contributed by atoms with Gasteiger partial charge in [0.25, 0.3) is 0 Å². The Morgan fingerprint density at radius 1 is 1.36 bits per heavy atom. The van der Waals surface area contributed by atoms with Gasteiger partial charge in [-0.1, -0.05) is 12.8 Å². The molecule has 0 aromatic carbocycles. The lowest BCUT2D eigenvalue weighted by Crippen LogP contribution is -2.41. The van der Waals surface area contributed by atoms with Gasteiger partial charge in [0.15, 0.2) is 5.96 Å². The maximum Gasteiger partial charge on any atom is 0.193 e. The fourth-order valence-corrected chi connectivity index (χ4v) is 3.66. The SMILES string of the molecule is CN=C(NCC1CCCC1)N1CCC(c2cnn(C)c2)C1.I. The van der Waals surface area contributed by atoms with Crippen molar-refractivity contribution >= 4 is 29.9 Å². The molecule has 22 heavy (non-hydrogen) atoms. The van der Waals surface area contributed by atoms with E-state index in [0.717, 1.165) is 31.5 Å². The molecule has 1 aromatic rings. The Kier molecular flexibility index (Phi) is 6.52. The number of aliphatic imine (C=N–C) groups is 1. The van der Waals surface area contributed by atoms with Crippen LogP contribution in [0, 0.1) is 5.92 Å². The van der Waals surface area contributed by atoms with Crippen molar-refractivity contribution in [2.75, 3.05) is 26.7 Å². The Hall–Kier alpha value is -0.790. The lowest BCUT2D eigenvalue weighted by Gasteiger charge is -2.23. The third-order valence-electron chi connectivity index (χ3n) is 4.92. The van der Waals surface area contributed by atoms with Gasteiger partial charge in [-0.05, 0) is 30.7 Å². The lowest BCUT2D eigenvalue weighted by molar-refractivity contribution is 0.463. The first-order chi connectivity index (χ1) is 10.3. The quantitative estimate of drug-likeness (QED) is 0.467. The summed E-state index contributed by atoms with van der Waals surface area (Å²) in [6, 6.07) is 0. The highest BCUT2D eigenvalue weighted by molar-refractivity contribution is 14.0. The predicted octanol–water partition coefficient (Wildman–Crippen LogP) is 2.59. The Balaban J connectivity index is 0.00000176. The van der Waals surface area contributed by atoms with E-state index in [-0.39, 0.29) is 24.0 Å². The summed E-state index contributed by atoms with van der Waals surface area (Å²) in [5.74, 6) is 2.51. The molecule has 6 heteroatoms. The van der Waals surface area contributed by atoms with E-state index in [0.29, 0.717) is 5.92 Å². The lowest BCUT2D eigenvalue weighted by atomic mass is 10.0. The zero-order chi connectivity index (χ0) is 14.7. The van der Waals surface area contributed by atoms with Crippen LogP contribution in [0.5, 0.6) is 0 Å². The van der Waals surface area contributed by atoms with Crippen molar-refractivity contribution in [3.63, 3.8) is 0 Å². The second kappa shape index (κ2) is 8.17. The molecular weight excluding hydrogens is 389 g/mol. The first kappa shape index (κ1) is 17.6. The van der Waals surface area contributed by atoms with E-state index in [1.54, 1.807) is 0 Å². The van der Waals surface area contributed by atoms with Crippen LogP contribution in [0.2, 0.25) is 0 Å². The molecule has 1 aromatic heterocycles. The zero-order valence-corrected chi connectivity index (χ0v) is 16.0. The first-order valence-corrected chi connectivity index (χ1v) is 8.20. The maximum absolute atomic E-state index is 4.47. The van der Waals surface area contributed by atoms with Crippen LogP contribution in [-0.2, 0) is 7.05 Å². The molecule has 0 amide bonds. The third kappa shape index (κ3) is 4.14. The summed E-state index contributed by atoms with van der Waals surface area (Å²) in [5, 5.41) is 7.88. The minimum absolute atomic E-state index is 0. The van der Waals surface area contributed by atoms with Crippen molar-refractivity contribution in [2.24, 2.45) is 18.0 Å². The first-order valence-electron chi connectivity index (χ1n) is 8.20. The van der Waals surface area contributed by atoms with Gasteiger partial charge in [0.1, 0.15) is 0 Å². The molecule has 1 aliphatic carbocycles. The highest BCUT2D eigenvalue weighted by Crippen LogP contribution is 2.27. The number of likely N-dealkylation sites (tertiary alicyclic amines) is 1. The van der Waals surface area contributed by atoms with Crippen LogP contribution in [0.3, 0.4) is 0 Å². The van der Waals surface area contributed by atoms with E-state index in [2.05, 4.69) is 26.5 Å². The molecule has 0 spiro atoms. The van der Waals surface area contributed by atoms with Gasteiger partial charge in [-0.2, -0.15) is 5.10 Å². The highest BCUT2D eigenvalue weighted by Gasteiger charge is 2.27. The fourth-order valence-electron chi connectivity index (χ4n) is 3.66. The van der Waals surface area contributed by atoms with Crippen LogP contribution in [0.15, 0.2) is 17.4 Å². The number of aryl methyl sites for hydroxylation is 1. The average molecular weight is 417 g/mol. The summed E-state index contributed by atoms with van der Waals surface area (Å²) in [4.78, 5) is 6.87. The number of rotatable bonds is 3. The molecule has 1 atom stereocenters. The smallest absolute Gasteiger partial charge is 0.193 e. The minimum atomic E-state index is 0. The van der Waals surface area contributed by atoms with Crippen LogP contribution in [0.1, 0.15) is 43.6 Å².